The van der Waals surface area contributed by atoms with E-state index in [-0.39, 0.29) is 37.1 Å². The first-order chi connectivity index (χ1) is 13.8. The van der Waals surface area contributed by atoms with Crippen molar-refractivity contribution in [3.8, 4) is 0 Å². The Morgan fingerprint density at radius 1 is 1.31 bits per heavy atom. The van der Waals surface area contributed by atoms with E-state index >= 15 is 0 Å². The fraction of sp³-hybridized carbons (Fsp3) is 0.429. The van der Waals surface area contributed by atoms with Crippen LogP contribution in [0.1, 0.15) is 37.0 Å². The minimum Gasteiger partial charge on any atom is -0.452 e. The normalized spacial score (nSPS) is 20.4. The molecule has 3 amide bonds. The van der Waals surface area contributed by atoms with Crippen molar-refractivity contribution in [2.75, 3.05) is 24.6 Å². The van der Waals surface area contributed by atoms with Crippen molar-refractivity contribution >= 4 is 29.4 Å². The van der Waals surface area contributed by atoms with Crippen LogP contribution in [0.2, 0.25) is 0 Å². The maximum Gasteiger partial charge on any atom is 0.354 e. The van der Waals surface area contributed by atoms with Crippen molar-refractivity contribution in [1.82, 2.24) is 10.2 Å². The number of carbonyl (C=O) groups excluding carboxylic acids is 4. The van der Waals surface area contributed by atoms with Gasteiger partial charge in [0.2, 0.25) is 11.6 Å². The molecule has 0 radical (unpaired) electrons. The van der Waals surface area contributed by atoms with E-state index in [2.05, 4.69) is 11.9 Å². The smallest absolute Gasteiger partial charge is 0.354 e. The molecule has 2 aliphatic rings. The number of ether oxygens (including phenoxy) is 1. The zero-order chi connectivity index (χ0) is 21.2. The summed E-state index contributed by atoms with van der Waals surface area (Å²) in [6, 6.07) is 6.66. The highest BCUT2D eigenvalue weighted by Crippen LogP contribution is 2.44. The molecule has 1 aromatic carbocycles. The van der Waals surface area contributed by atoms with Crippen LogP contribution < -0.4 is 10.2 Å². The fourth-order valence-electron chi connectivity index (χ4n) is 3.75. The number of para-hydroxylation sites is 1. The number of amides is 3. The summed E-state index contributed by atoms with van der Waals surface area (Å²) < 4.78 is 5.30. The first kappa shape index (κ1) is 20.6. The van der Waals surface area contributed by atoms with Gasteiger partial charge in [-0.25, -0.2) is 4.79 Å². The molecule has 0 bridgehead atoms. The van der Waals surface area contributed by atoms with Crippen LogP contribution in [0.3, 0.4) is 0 Å². The van der Waals surface area contributed by atoms with Crippen LogP contribution >= 0.6 is 0 Å². The van der Waals surface area contributed by atoms with Crippen LogP contribution in [0.5, 0.6) is 0 Å². The molecule has 8 heteroatoms. The molecule has 1 saturated heterocycles. The standard InChI is InChI=1S/C21H25N3O5/c1-4-11-23-19(27)15-7-5-6-8-16(15)24-18(26)9-10-21(23,24)20(28)29-13-17(25)22-12-14(2)3/h4-8,14H,1,9-13H2,2-3H3,(H,22,25)/t21-/m1/s1. The van der Waals surface area contributed by atoms with Gasteiger partial charge in [0.1, 0.15) is 0 Å². The maximum absolute atomic E-state index is 13.2. The Morgan fingerprint density at radius 2 is 2.03 bits per heavy atom. The lowest BCUT2D eigenvalue weighted by atomic mass is 9.96. The molecule has 0 aromatic heterocycles. The quantitative estimate of drug-likeness (QED) is 0.553. The van der Waals surface area contributed by atoms with Gasteiger partial charge in [0.25, 0.3) is 11.8 Å². The van der Waals surface area contributed by atoms with Crippen LogP contribution in [-0.4, -0.2) is 54.0 Å². The SMILES string of the molecule is C=CCN1C(=O)c2ccccc2N2C(=O)CC[C@@]12C(=O)OCC(=O)NCC(C)C. The molecular formula is C21H25N3O5. The van der Waals surface area contributed by atoms with E-state index in [1.165, 1.54) is 15.9 Å². The summed E-state index contributed by atoms with van der Waals surface area (Å²) in [5.74, 6) is -1.63. The molecule has 154 valence electrons. The number of rotatable bonds is 7. The first-order valence-electron chi connectivity index (χ1n) is 9.61. The molecule has 1 atom stereocenters. The van der Waals surface area contributed by atoms with Crippen molar-refractivity contribution in [3.63, 3.8) is 0 Å². The Kier molecular flexibility index (Phi) is 5.72. The molecule has 0 unspecified atom stereocenters. The predicted octanol–water partition coefficient (Wildman–Crippen LogP) is 1.47. The summed E-state index contributed by atoms with van der Waals surface area (Å²) in [5, 5.41) is 2.67. The van der Waals surface area contributed by atoms with Crippen LogP contribution in [0, 0.1) is 5.92 Å². The number of nitrogens with one attached hydrogen (secondary N) is 1. The van der Waals surface area contributed by atoms with Gasteiger partial charge < -0.3 is 15.0 Å². The van der Waals surface area contributed by atoms with Crippen LogP contribution in [0.15, 0.2) is 36.9 Å². The molecule has 0 spiro atoms. The van der Waals surface area contributed by atoms with E-state index in [1.807, 2.05) is 13.8 Å². The van der Waals surface area contributed by atoms with Crippen LogP contribution in [0.25, 0.3) is 0 Å². The van der Waals surface area contributed by atoms with Gasteiger partial charge in [-0.3, -0.25) is 19.3 Å². The molecule has 1 aromatic rings. The summed E-state index contributed by atoms with van der Waals surface area (Å²) in [4.78, 5) is 53.7. The van der Waals surface area contributed by atoms with E-state index in [9.17, 15) is 19.2 Å². The van der Waals surface area contributed by atoms with Gasteiger partial charge in [0.15, 0.2) is 6.61 Å². The molecule has 29 heavy (non-hydrogen) atoms. The topological polar surface area (TPSA) is 96.0 Å². The van der Waals surface area contributed by atoms with E-state index in [4.69, 9.17) is 4.74 Å². The second kappa shape index (κ2) is 8.06. The van der Waals surface area contributed by atoms with E-state index in [0.29, 0.717) is 17.8 Å². The monoisotopic (exact) mass is 399 g/mol. The Balaban J connectivity index is 1.94. The number of anilines is 1. The van der Waals surface area contributed by atoms with Gasteiger partial charge in [0.05, 0.1) is 11.3 Å². The minimum atomic E-state index is -1.62. The fourth-order valence-corrected chi connectivity index (χ4v) is 3.75. The molecule has 8 nitrogen and oxygen atoms in total. The van der Waals surface area contributed by atoms with Crippen molar-refractivity contribution in [2.45, 2.75) is 32.4 Å². The Morgan fingerprint density at radius 3 is 2.72 bits per heavy atom. The highest BCUT2D eigenvalue weighted by Gasteiger charge is 2.61. The number of benzene rings is 1. The molecule has 2 heterocycles. The number of nitrogens with zero attached hydrogens (tertiary/aromatic N) is 2. The Labute approximate surface area is 169 Å². The van der Waals surface area contributed by atoms with Crippen LogP contribution in [0.4, 0.5) is 5.69 Å². The third-order valence-electron chi connectivity index (χ3n) is 5.05. The van der Waals surface area contributed by atoms with Gasteiger partial charge in [0, 0.05) is 25.9 Å². The molecule has 1 fully saturated rings. The summed E-state index contributed by atoms with van der Waals surface area (Å²) in [5.41, 5.74) is -0.904. The van der Waals surface area contributed by atoms with Crippen molar-refractivity contribution in [1.29, 1.82) is 0 Å². The van der Waals surface area contributed by atoms with Crippen molar-refractivity contribution < 1.29 is 23.9 Å². The lowest BCUT2D eigenvalue weighted by Gasteiger charge is -2.47. The number of carbonyl (C=O) groups is 4. The maximum atomic E-state index is 13.2. The molecular weight excluding hydrogens is 374 g/mol. The lowest BCUT2D eigenvalue weighted by Crippen LogP contribution is -2.68. The third-order valence-corrected chi connectivity index (χ3v) is 5.05. The Hall–Kier alpha value is -3.16. The Bertz CT molecular complexity index is 866. The van der Waals surface area contributed by atoms with Gasteiger partial charge in [-0.05, 0) is 18.1 Å². The van der Waals surface area contributed by atoms with Crippen LogP contribution in [-0.2, 0) is 19.1 Å². The van der Waals surface area contributed by atoms with E-state index < -0.39 is 24.1 Å². The van der Waals surface area contributed by atoms with E-state index in [1.54, 1.807) is 24.3 Å². The van der Waals surface area contributed by atoms with Gasteiger partial charge in [-0.15, -0.1) is 6.58 Å². The van der Waals surface area contributed by atoms with Crippen molar-refractivity contribution in [2.24, 2.45) is 5.92 Å². The second-order valence-corrected chi connectivity index (χ2v) is 7.54. The zero-order valence-corrected chi connectivity index (χ0v) is 16.6. The number of hydrogen-bond donors (Lipinski definition) is 1. The predicted molar refractivity (Wildman–Crippen MR) is 106 cm³/mol. The summed E-state index contributed by atoms with van der Waals surface area (Å²) in [6.45, 7) is 7.61. The largest absolute Gasteiger partial charge is 0.452 e. The molecule has 3 rings (SSSR count). The second-order valence-electron chi connectivity index (χ2n) is 7.54. The van der Waals surface area contributed by atoms with Gasteiger partial charge in [-0.2, -0.15) is 0 Å². The number of fused-ring (bicyclic) bond motifs is 3. The van der Waals surface area contributed by atoms with E-state index in [0.717, 1.165) is 0 Å². The van der Waals surface area contributed by atoms with Gasteiger partial charge in [-0.1, -0.05) is 32.1 Å². The average molecular weight is 399 g/mol. The minimum absolute atomic E-state index is 0.0611. The first-order valence-corrected chi connectivity index (χ1v) is 9.61. The lowest BCUT2D eigenvalue weighted by molar-refractivity contribution is -0.159. The van der Waals surface area contributed by atoms with Gasteiger partial charge >= 0.3 is 5.97 Å². The molecule has 2 aliphatic heterocycles. The highest BCUT2D eigenvalue weighted by atomic mass is 16.5. The highest BCUT2D eigenvalue weighted by molar-refractivity contribution is 6.15. The number of hydrogen-bond acceptors (Lipinski definition) is 5. The zero-order valence-electron chi connectivity index (χ0n) is 16.6. The molecule has 0 aliphatic carbocycles. The summed E-state index contributed by atoms with van der Waals surface area (Å²) >= 11 is 0. The van der Waals surface area contributed by atoms with Crippen molar-refractivity contribution in [3.05, 3.63) is 42.5 Å². The summed E-state index contributed by atoms with van der Waals surface area (Å²) in [7, 11) is 0. The summed E-state index contributed by atoms with van der Waals surface area (Å²) in [6.07, 6.45) is 1.67. The molecule has 1 N–H and O–H groups in total. The molecule has 0 saturated carbocycles. The third kappa shape index (κ3) is 3.50. The average Bonchev–Trinajstić information content (AvgIpc) is 3.06. The number of esters is 1.